The van der Waals surface area contributed by atoms with Gasteiger partial charge in [-0.15, -0.1) is 0 Å². The molecule has 0 spiro atoms. The molecule has 1 fully saturated rings. The third-order valence-electron chi connectivity index (χ3n) is 6.11. The first kappa shape index (κ1) is 23.2. The topological polar surface area (TPSA) is 119 Å². The fourth-order valence-corrected chi connectivity index (χ4v) is 4.50. The average Bonchev–Trinajstić information content (AvgIpc) is 3.28. The number of ether oxygens (including phenoxy) is 1. The van der Waals surface area contributed by atoms with Gasteiger partial charge in [-0.2, -0.15) is 10.2 Å². The van der Waals surface area contributed by atoms with Gasteiger partial charge in [0.25, 0.3) is 5.56 Å². The molecule has 184 valence electrons. The molecule has 0 saturated carbocycles. The van der Waals surface area contributed by atoms with Crippen LogP contribution in [-0.2, 0) is 4.79 Å². The lowest BCUT2D eigenvalue weighted by molar-refractivity contribution is -0.127. The number of fused-ring (bicyclic) bond motifs is 1. The molecule has 4 aromatic rings. The van der Waals surface area contributed by atoms with E-state index < -0.39 is 17.2 Å². The predicted molar refractivity (Wildman–Crippen MR) is 129 cm³/mol. The number of amides is 1. The normalized spacial score (nSPS) is 15.7. The SMILES string of the molecule is C=CC(=O)N1CCC[C@H](c2nn(-c3ccc(Oc4cc(F)cc(F)c4)cc3)c3c(N)n[nH]c(=O)c23)C1. The number of nitrogens with zero attached hydrogens (tertiary/aromatic N) is 4. The van der Waals surface area contributed by atoms with Crippen molar-refractivity contribution in [1.82, 2.24) is 24.9 Å². The van der Waals surface area contributed by atoms with Gasteiger partial charge in [-0.25, -0.2) is 18.6 Å². The standard InChI is InChI=1S/C25H22F2N6O3/c1-2-20(34)32-9-3-4-14(13-32)22-21-23(24(28)29-30-25(21)35)33(31-22)17-5-7-18(8-6-17)36-19-11-15(26)10-16(27)12-19/h2,5-8,10-12,14H,1,3-4,9,13H2,(H2,28,29)(H,30,35)/t14-/m0/s1. The molecule has 0 unspecified atom stereocenters. The summed E-state index contributed by atoms with van der Waals surface area (Å²) in [4.78, 5) is 26.7. The molecule has 36 heavy (non-hydrogen) atoms. The van der Waals surface area contributed by atoms with Gasteiger partial charge < -0.3 is 15.4 Å². The maximum Gasteiger partial charge on any atom is 0.275 e. The van der Waals surface area contributed by atoms with Crippen LogP contribution in [-0.4, -0.2) is 43.9 Å². The van der Waals surface area contributed by atoms with Crippen molar-refractivity contribution in [3.05, 3.63) is 82.8 Å². The molecule has 3 N–H and O–H groups in total. The molecule has 1 saturated heterocycles. The number of aromatic amines is 1. The number of anilines is 1. The van der Waals surface area contributed by atoms with Crippen molar-refractivity contribution in [2.75, 3.05) is 18.8 Å². The van der Waals surface area contributed by atoms with Crippen molar-refractivity contribution < 1.29 is 18.3 Å². The van der Waals surface area contributed by atoms with E-state index in [2.05, 4.69) is 16.8 Å². The molecular weight excluding hydrogens is 470 g/mol. The van der Waals surface area contributed by atoms with E-state index in [0.717, 1.165) is 31.0 Å². The zero-order valence-electron chi connectivity index (χ0n) is 19.1. The van der Waals surface area contributed by atoms with Crippen LogP contribution in [0.1, 0.15) is 24.5 Å². The van der Waals surface area contributed by atoms with Gasteiger partial charge in [0.2, 0.25) is 5.91 Å². The number of nitrogens with one attached hydrogen (secondary N) is 1. The Morgan fingerprint density at radius 3 is 2.58 bits per heavy atom. The third kappa shape index (κ3) is 4.30. The molecule has 1 aliphatic heterocycles. The van der Waals surface area contributed by atoms with E-state index in [0.29, 0.717) is 41.1 Å². The smallest absolute Gasteiger partial charge is 0.275 e. The number of likely N-dealkylation sites (tertiary alicyclic amines) is 1. The summed E-state index contributed by atoms with van der Waals surface area (Å²) in [5, 5.41) is 11.4. The number of nitrogen functional groups attached to an aromatic ring is 1. The Bertz CT molecular complexity index is 1510. The molecule has 1 amide bonds. The Morgan fingerprint density at radius 2 is 1.89 bits per heavy atom. The van der Waals surface area contributed by atoms with Crippen molar-refractivity contribution in [3.63, 3.8) is 0 Å². The molecule has 0 bridgehead atoms. The zero-order valence-corrected chi connectivity index (χ0v) is 19.1. The molecule has 9 nitrogen and oxygen atoms in total. The highest BCUT2D eigenvalue weighted by Crippen LogP contribution is 2.33. The van der Waals surface area contributed by atoms with E-state index >= 15 is 0 Å². The Kier molecular flexibility index (Phi) is 5.96. The van der Waals surface area contributed by atoms with E-state index in [9.17, 15) is 18.4 Å². The summed E-state index contributed by atoms with van der Waals surface area (Å²) >= 11 is 0. The predicted octanol–water partition coefficient (Wildman–Crippen LogP) is 3.65. The summed E-state index contributed by atoms with van der Waals surface area (Å²) in [7, 11) is 0. The number of hydrogen-bond donors (Lipinski definition) is 2. The average molecular weight is 492 g/mol. The van der Waals surface area contributed by atoms with E-state index in [1.165, 1.54) is 10.8 Å². The fourth-order valence-electron chi connectivity index (χ4n) is 4.50. The number of hydrogen-bond acceptors (Lipinski definition) is 6. The fraction of sp³-hybridized carbons (Fsp3) is 0.200. The molecule has 1 atom stereocenters. The second-order valence-corrected chi connectivity index (χ2v) is 8.49. The number of carbonyl (C=O) groups is 1. The second kappa shape index (κ2) is 9.25. The first-order chi connectivity index (χ1) is 17.3. The van der Waals surface area contributed by atoms with E-state index in [1.54, 1.807) is 29.2 Å². The number of nitrogens with two attached hydrogens (primary N) is 1. The van der Waals surface area contributed by atoms with Crippen LogP contribution in [0.5, 0.6) is 11.5 Å². The van der Waals surface area contributed by atoms with Gasteiger partial charge in [0.05, 0.1) is 16.8 Å². The van der Waals surface area contributed by atoms with Gasteiger partial charge in [0, 0.05) is 37.2 Å². The highest BCUT2D eigenvalue weighted by molar-refractivity contribution is 5.91. The van der Waals surface area contributed by atoms with Gasteiger partial charge in [-0.3, -0.25) is 9.59 Å². The minimum Gasteiger partial charge on any atom is -0.457 e. The number of carbonyl (C=O) groups excluding carboxylic acids is 1. The molecular formula is C25H22F2N6O3. The second-order valence-electron chi connectivity index (χ2n) is 8.49. The van der Waals surface area contributed by atoms with Gasteiger partial charge in [0.15, 0.2) is 5.82 Å². The molecule has 1 aliphatic rings. The lowest BCUT2D eigenvalue weighted by atomic mass is 9.93. The number of halogens is 2. The summed E-state index contributed by atoms with van der Waals surface area (Å²) in [5.41, 5.74) is 7.16. The third-order valence-corrected chi connectivity index (χ3v) is 6.11. The van der Waals surface area contributed by atoms with Crippen LogP contribution in [0.25, 0.3) is 16.6 Å². The summed E-state index contributed by atoms with van der Waals surface area (Å²) in [6.45, 7) is 4.56. The number of piperidine rings is 1. The van der Waals surface area contributed by atoms with Crippen LogP contribution >= 0.6 is 0 Å². The lowest BCUT2D eigenvalue weighted by Gasteiger charge is -2.31. The monoisotopic (exact) mass is 492 g/mol. The first-order valence-corrected chi connectivity index (χ1v) is 11.3. The van der Waals surface area contributed by atoms with Crippen molar-refractivity contribution in [2.45, 2.75) is 18.8 Å². The lowest BCUT2D eigenvalue weighted by Crippen LogP contribution is -2.38. The minimum atomic E-state index is -0.749. The van der Waals surface area contributed by atoms with Gasteiger partial charge >= 0.3 is 0 Å². The van der Waals surface area contributed by atoms with E-state index in [4.69, 9.17) is 15.6 Å². The van der Waals surface area contributed by atoms with Gasteiger partial charge in [-0.1, -0.05) is 6.58 Å². The molecule has 0 radical (unpaired) electrons. The summed E-state index contributed by atoms with van der Waals surface area (Å²) < 4.78 is 34.0. The van der Waals surface area contributed by atoms with Gasteiger partial charge in [0.1, 0.15) is 28.7 Å². The maximum absolute atomic E-state index is 13.5. The Balaban J connectivity index is 1.53. The molecule has 11 heteroatoms. The number of benzene rings is 2. The summed E-state index contributed by atoms with van der Waals surface area (Å²) in [5.74, 6) is -1.40. The molecule has 3 heterocycles. The maximum atomic E-state index is 13.5. The van der Waals surface area contributed by atoms with Crippen LogP contribution in [0.4, 0.5) is 14.6 Å². The Morgan fingerprint density at radius 1 is 1.17 bits per heavy atom. The number of rotatable bonds is 5. The number of aromatic nitrogens is 4. The van der Waals surface area contributed by atoms with Crippen LogP contribution in [0.3, 0.4) is 0 Å². The van der Waals surface area contributed by atoms with E-state index in [1.807, 2.05) is 0 Å². The van der Waals surface area contributed by atoms with Crippen molar-refractivity contribution >= 4 is 22.6 Å². The molecule has 5 rings (SSSR count). The number of H-pyrrole nitrogens is 1. The summed E-state index contributed by atoms with van der Waals surface area (Å²) in [6.07, 6.45) is 2.77. The molecule has 0 aliphatic carbocycles. The Hall–Kier alpha value is -4.54. The first-order valence-electron chi connectivity index (χ1n) is 11.3. The quantitative estimate of drug-likeness (QED) is 0.411. The Labute approximate surface area is 203 Å². The zero-order chi connectivity index (χ0) is 25.4. The van der Waals surface area contributed by atoms with Crippen LogP contribution in [0.15, 0.2) is 59.9 Å². The minimum absolute atomic E-state index is 0.0166. The largest absolute Gasteiger partial charge is 0.457 e. The van der Waals surface area contributed by atoms with Gasteiger partial charge in [-0.05, 0) is 43.2 Å². The van der Waals surface area contributed by atoms with E-state index in [-0.39, 0.29) is 23.4 Å². The highest BCUT2D eigenvalue weighted by atomic mass is 19.1. The highest BCUT2D eigenvalue weighted by Gasteiger charge is 2.30. The molecule has 2 aromatic carbocycles. The van der Waals surface area contributed by atoms with Crippen molar-refractivity contribution in [2.24, 2.45) is 0 Å². The van der Waals surface area contributed by atoms with Crippen molar-refractivity contribution in [3.8, 4) is 17.2 Å². The van der Waals surface area contributed by atoms with Crippen molar-refractivity contribution in [1.29, 1.82) is 0 Å². The van der Waals surface area contributed by atoms with Crippen LogP contribution in [0.2, 0.25) is 0 Å². The summed E-state index contributed by atoms with van der Waals surface area (Å²) in [6, 6.07) is 9.48. The molecule has 2 aromatic heterocycles. The van der Waals surface area contributed by atoms with Crippen LogP contribution in [0, 0.1) is 11.6 Å². The van der Waals surface area contributed by atoms with Crippen LogP contribution < -0.4 is 16.0 Å².